The van der Waals surface area contributed by atoms with Gasteiger partial charge in [-0.3, -0.25) is 0 Å². The summed E-state index contributed by atoms with van der Waals surface area (Å²) in [6, 6.07) is 10.5. The number of nitrogens with one attached hydrogen (secondary N) is 1. The number of aromatic nitrogens is 3. The third-order valence-electron chi connectivity index (χ3n) is 2.75. The minimum atomic E-state index is 0.280. The van der Waals surface area contributed by atoms with E-state index in [-0.39, 0.29) is 6.04 Å². The number of hydrogen-bond donors (Lipinski definition) is 1. The van der Waals surface area contributed by atoms with Crippen LogP contribution < -0.4 is 5.32 Å². The Morgan fingerprint density at radius 3 is 2.50 bits per heavy atom. The van der Waals surface area contributed by atoms with Crippen LogP contribution in [-0.2, 0) is 6.54 Å². The van der Waals surface area contributed by atoms with E-state index in [0.29, 0.717) is 0 Å². The van der Waals surface area contributed by atoms with Gasteiger partial charge in [-0.25, -0.2) is 0 Å². The monoisotopic (exact) mass is 244 g/mol. The fourth-order valence-corrected chi connectivity index (χ4v) is 1.77. The van der Waals surface area contributed by atoms with Crippen molar-refractivity contribution in [3.05, 3.63) is 36.0 Å². The van der Waals surface area contributed by atoms with Gasteiger partial charge in [-0.2, -0.15) is 15.0 Å². The molecule has 0 saturated carbocycles. The number of rotatable bonds is 5. The predicted octanol–water partition coefficient (Wildman–Crippen LogP) is 2.64. The van der Waals surface area contributed by atoms with Crippen LogP contribution in [0, 0.1) is 0 Å². The molecule has 0 saturated heterocycles. The first kappa shape index (κ1) is 12.8. The highest BCUT2D eigenvalue weighted by Crippen LogP contribution is 2.20. The average Bonchev–Trinajstić information content (AvgIpc) is 2.81. The van der Waals surface area contributed by atoms with Gasteiger partial charge in [0.2, 0.25) is 0 Å². The standard InChI is InChI=1S/C14H20N4/c1-4-15-10-13-14(12-8-6-5-7-9-12)17-18(16-13)11(2)3/h5-9,11,15H,4,10H2,1-3H3. The van der Waals surface area contributed by atoms with Gasteiger partial charge in [0.15, 0.2) is 0 Å². The molecule has 2 aromatic rings. The fraction of sp³-hybridized carbons (Fsp3) is 0.429. The summed E-state index contributed by atoms with van der Waals surface area (Å²) in [5.41, 5.74) is 3.11. The molecule has 2 rings (SSSR count). The average molecular weight is 244 g/mol. The van der Waals surface area contributed by atoms with E-state index in [0.717, 1.165) is 30.0 Å². The molecule has 4 nitrogen and oxygen atoms in total. The Bertz CT molecular complexity index is 488. The van der Waals surface area contributed by atoms with E-state index in [1.807, 2.05) is 18.2 Å². The lowest BCUT2D eigenvalue weighted by Gasteiger charge is -2.01. The van der Waals surface area contributed by atoms with Gasteiger partial charge in [-0.05, 0) is 20.4 Å². The molecule has 0 fully saturated rings. The highest BCUT2D eigenvalue weighted by Gasteiger charge is 2.13. The summed E-state index contributed by atoms with van der Waals surface area (Å²) in [4.78, 5) is 1.79. The van der Waals surface area contributed by atoms with Gasteiger partial charge in [0.05, 0.1) is 6.04 Å². The zero-order valence-electron chi connectivity index (χ0n) is 11.2. The molecule has 1 heterocycles. The summed E-state index contributed by atoms with van der Waals surface area (Å²) in [7, 11) is 0. The Labute approximate surface area is 108 Å². The second-order valence-corrected chi connectivity index (χ2v) is 4.56. The smallest absolute Gasteiger partial charge is 0.117 e. The van der Waals surface area contributed by atoms with Gasteiger partial charge in [-0.15, -0.1) is 0 Å². The van der Waals surface area contributed by atoms with E-state index in [1.54, 1.807) is 4.80 Å². The third-order valence-corrected chi connectivity index (χ3v) is 2.75. The van der Waals surface area contributed by atoms with E-state index in [4.69, 9.17) is 0 Å². The van der Waals surface area contributed by atoms with Gasteiger partial charge in [-0.1, -0.05) is 37.3 Å². The summed E-state index contributed by atoms with van der Waals surface area (Å²) < 4.78 is 0. The van der Waals surface area contributed by atoms with E-state index >= 15 is 0 Å². The SMILES string of the molecule is CCNCc1nn(C(C)C)nc1-c1ccccc1. The molecule has 18 heavy (non-hydrogen) atoms. The molecule has 96 valence electrons. The van der Waals surface area contributed by atoms with Crippen molar-refractivity contribution in [1.82, 2.24) is 20.3 Å². The Morgan fingerprint density at radius 1 is 1.17 bits per heavy atom. The second kappa shape index (κ2) is 5.78. The molecule has 0 spiro atoms. The van der Waals surface area contributed by atoms with E-state index in [9.17, 15) is 0 Å². The molecule has 0 aliphatic carbocycles. The minimum absolute atomic E-state index is 0.280. The van der Waals surface area contributed by atoms with Crippen molar-refractivity contribution < 1.29 is 0 Å². The van der Waals surface area contributed by atoms with Crippen LogP contribution in [0.25, 0.3) is 11.3 Å². The molecule has 1 aromatic carbocycles. The van der Waals surface area contributed by atoms with Gasteiger partial charge < -0.3 is 5.32 Å². The van der Waals surface area contributed by atoms with E-state index < -0.39 is 0 Å². The number of nitrogens with zero attached hydrogens (tertiary/aromatic N) is 3. The lowest BCUT2D eigenvalue weighted by molar-refractivity contribution is 0.462. The molecule has 1 N–H and O–H groups in total. The van der Waals surface area contributed by atoms with Crippen molar-refractivity contribution in [3.63, 3.8) is 0 Å². The molecule has 0 unspecified atom stereocenters. The predicted molar refractivity (Wildman–Crippen MR) is 73.2 cm³/mol. The van der Waals surface area contributed by atoms with E-state index in [1.165, 1.54) is 0 Å². The van der Waals surface area contributed by atoms with Crippen molar-refractivity contribution in [1.29, 1.82) is 0 Å². The summed E-state index contributed by atoms with van der Waals surface area (Å²) in [6.45, 7) is 7.96. The van der Waals surface area contributed by atoms with Gasteiger partial charge in [0.25, 0.3) is 0 Å². The minimum Gasteiger partial charge on any atom is -0.311 e. The number of benzene rings is 1. The Balaban J connectivity index is 2.37. The lowest BCUT2D eigenvalue weighted by Crippen LogP contribution is -2.13. The maximum absolute atomic E-state index is 4.60. The Kier molecular flexibility index (Phi) is 4.10. The van der Waals surface area contributed by atoms with Crippen LogP contribution in [-0.4, -0.2) is 21.5 Å². The van der Waals surface area contributed by atoms with E-state index in [2.05, 4.69) is 48.4 Å². The topological polar surface area (TPSA) is 42.7 Å². The van der Waals surface area contributed by atoms with Crippen molar-refractivity contribution in [2.24, 2.45) is 0 Å². The van der Waals surface area contributed by atoms with Crippen molar-refractivity contribution >= 4 is 0 Å². The molecule has 0 atom stereocenters. The second-order valence-electron chi connectivity index (χ2n) is 4.56. The summed E-state index contributed by atoms with van der Waals surface area (Å²) in [5, 5.41) is 12.5. The van der Waals surface area contributed by atoms with Crippen molar-refractivity contribution in [2.45, 2.75) is 33.4 Å². The van der Waals surface area contributed by atoms with Crippen LogP contribution in [0.3, 0.4) is 0 Å². The molecular formula is C14H20N4. The first-order valence-corrected chi connectivity index (χ1v) is 6.44. The third kappa shape index (κ3) is 2.76. The molecule has 0 amide bonds. The molecule has 0 aliphatic rings. The van der Waals surface area contributed by atoms with Crippen LogP contribution in [0.4, 0.5) is 0 Å². The number of hydrogen-bond acceptors (Lipinski definition) is 3. The summed E-state index contributed by atoms with van der Waals surface area (Å²) >= 11 is 0. The van der Waals surface area contributed by atoms with Gasteiger partial charge >= 0.3 is 0 Å². The van der Waals surface area contributed by atoms with Crippen LogP contribution in [0.2, 0.25) is 0 Å². The molecule has 4 heteroatoms. The highest BCUT2D eigenvalue weighted by molar-refractivity contribution is 5.60. The van der Waals surface area contributed by atoms with Crippen molar-refractivity contribution in [3.8, 4) is 11.3 Å². The van der Waals surface area contributed by atoms with Crippen LogP contribution in [0.1, 0.15) is 32.5 Å². The molecule has 0 aliphatic heterocycles. The summed E-state index contributed by atoms with van der Waals surface area (Å²) in [5.74, 6) is 0. The molecular weight excluding hydrogens is 224 g/mol. The molecule has 1 aromatic heterocycles. The van der Waals surface area contributed by atoms with Gasteiger partial charge in [0, 0.05) is 12.1 Å². The van der Waals surface area contributed by atoms with Gasteiger partial charge in [0.1, 0.15) is 11.4 Å². The summed E-state index contributed by atoms with van der Waals surface area (Å²) in [6.07, 6.45) is 0. The largest absolute Gasteiger partial charge is 0.311 e. The van der Waals surface area contributed by atoms with Crippen LogP contribution >= 0.6 is 0 Å². The fourth-order valence-electron chi connectivity index (χ4n) is 1.77. The van der Waals surface area contributed by atoms with Crippen LogP contribution in [0.5, 0.6) is 0 Å². The Hall–Kier alpha value is -1.68. The molecule has 0 radical (unpaired) electrons. The van der Waals surface area contributed by atoms with Crippen LogP contribution in [0.15, 0.2) is 30.3 Å². The maximum Gasteiger partial charge on any atom is 0.117 e. The van der Waals surface area contributed by atoms with Crippen molar-refractivity contribution in [2.75, 3.05) is 6.54 Å². The first-order valence-electron chi connectivity index (χ1n) is 6.44. The zero-order valence-corrected chi connectivity index (χ0v) is 11.2. The first-order chi connectivity index (χ1) is 8.72. The lowest BCUT2D eigenvalue weighted by atomic mass is 10.1. The Morgan fingerprint density at radius 2 is 1.89 bits per heavy atom. The normalized spacial score (nSPS) is 11.1. The quantitative estimate of drug-likeness (QED) is 0.879. The highest BCUT2D eigenvalue weighted by atomic mass is 15.5. The molecule has 0 bridgehead atoms. The maximum atomic E-state index is 4.60. The zero-order chi connectivity index (χ0) is 13.0.